The van der Waals surface area contributed by atoms with Gasteiger partial charge in [0, 0.05) is 0 Å². The topological polar surface area (TPSA) is 0 Å². The van der Waals surface area contributed by atoms with Crippen LogP contribution in [0.2, 0.25) is 0 Å². The van der Waals surface area contributed by atoms with Crippen LogP contribution >= 0.6 is 0 Å². The van der Waals surface area contributed by atoms with Crippen molar-refractivity contribution in [1.29, 1.82) is 0 Å². The second-order valence-electron chi connectivity index (χ2n) is 26.0. The Morgan fingerprint density at radius 3 is 1.05 bits per heavy atom. The molecule has 0 aliphatic carbocycles. The Kier molecular flexibility index (Phi) is 8.93. The molecule has 0 atom stereocenters. The zero-order valence-corrected chi connectivity index (χ0v) is 47.3. The first-order chi connectivity index (χ1) is 38.6. The molecule has 0 heterocycles. The molecule has 0 bridgehead atoms. The van der Waals surface area contributed by atoms with Crippen molar-refractivity contribution in [1.82, 2.24) is 0 Å². The second kappa shape index (κ2) is 15.5. The average Bonchev–Trinajstić information content (AvgIpc) is 4.12. The van der Waals surface area contributed by atoms with Gasteiger partial charge in [0.15, 0.2) is 0 Å². The Balaban J connectivity index is 1.05. The van der Waals surface area contributed by atoms with Gasteiger partial charge in [-0.3, -0.25) is 0 Å². The lowest BCUT2D eigenvalue weighted by atomic mass is 9.79. The normalized spacial score (nSPS) is 13.1. The molecular weight excluding hydrogens is 961 g/mol. The molecular formula is C80H60. The van der Waals surface area contributed by atoms with Gasteiger partial charge in [0.1, 0.15) is 0 Å². The molecule has 0 heteroatoms. The minimum Gasteiger partial charge on any atom is -0.0620 e. The lowest BCUT2D eigenvalue weighted by Crippen LogP contribution is -2.12. The molecule has 0 fully saturated rings. The Morgan fingerprint density at radius 2 is 0.575 bits per heavy atom. The van der Waals surface area contributed by atoms with E-state index in [1.807, 2.05) is 0 Å². The number of hydrogen-bond donors (Lipinski definition) is 0. The fourth-order valence-corrected chi connectivity index (χ4v) is 15.7. The third kappa shape index (κ3) is 5.86. The van der Waals surface area contributed by atoms with Crippen LogP contribution in [0.4, 0.5) is 0 Å². The van der Waals surface area contributed by atoms with E-state index in [0.29, 0.717) is 0 Å². The summed E-state index contributed by atoms with van der Waals surface area (Å²) in [5, 5.41) is 34.9. The maximum atomic E-state index is 2.61. The first-order valence-corrected chi connectivity index (χ1v) is 28.9. The van der Waals surface area contributed by atoms with Crippen molar-refractivity contribution in [3.63, 3.8) is 0 Å². The fourth-order valence-electron chi connectivity index (χ4n) is 15.7. The van der Waals surface area contributed by atoms with Crippen molar-refractivity contribution < 1.29 is 0 Å². The van der Waals surface area contributed by atoms with Crippen LogP contribution in [0.3, 0.4) is 0 Å². The fraction of sp³-hybridized carbons (Fsp3) is 0.150. The molecule has 17 aromatic rings. The highest BCUT2D eigenvalue weighted by molar-refractivity contribution is 6.48. The maximum Gasteiger partial charge on any atom is -0.000730 e. The lowest BCUT2D eigenvalue weighted by Gasteiger charge is -2.25. The number of benzene rings is 15. The van der Waals surface area contributed by atoms with E-state index in [4.69, 9.17) is 0 Å². The van der Waals surface area contributed by atoms with E-state index < -0.39 is 0 Å². The summed E-state index contributed by atoms with van der Waals surface area (Å²) in [6, 6.07) is 71.8. The van der Waals surface area contributed by atoms with Gasteiger partial charge in [-0.05, 0) is 270 Å². The van der Waals surface area contributed by atoms with E-state index in [0.717, 1.165) is 0 Å². The monoisotopic (exact) mass is 1020 g/mol. The molecule has 0 saturated heterocycles. The molecule has 380 valence electrons. The van der Waals surface area contributed by atoms with Crippen LogP contribution in [-0.4, -0.2) is 0 Å². The van der Waals surface area contributed by atoms with Crippen LogP contribution < -0.4 is 0 Å². The van der Waals surface area contributed by atoms with Crippen LogP contribution in [0, 0.1) is 27.7 Å². The van der Waals surface area contributed by atoms with Crippen LogP contribution in [0.5, 0.6) is 0 Å². The highest BCUT2D eigenvalue weighted by atomic mass is 14.3. The quantitative estimate of drug-likeness (QED) is 0.122. The smallest absolute Gasteiger partial charge is 0.000730 e. The van der Waals surface area contributed by atoms with E-state index in [1.54, 1.807) is 0 Å². The van der Waals surface area contributed by atoms with Crippen molar-refractivity contribution in [3.05, 3.63) is 215 Å². The van der Waals surface area contributed by atoms with Gasteiger partial charge >= 0.3 is 0 Å². The number of fused-ring (bicyclic) bond motifs is 11. The van der Waals surface area contributed by atoms with E-state index in [9.17, 15) is 0 Å². The van der Waals surface area contributed by atoms with Crippen molar-refractivity contribution in [3.8, 4) is 33.4 Å². The Labute approximate surface area is 466 Å². The molecule has 0 nitrogen and oxygen atoms in total. The minimum atomic E-state index is -0.0166. The molecule has 0 aliphatic rings. The average molecular weight is 1020 g/mol. The Hall–Kier alpha value is -8.84. The van der Waals surface area contributed by atoms with E-state index in [1.165, 1.54) is 207 Å². The highest BCUT2D eigenvalue weighted by Gasteiger charge is 2.30. The van der Waals surface area contributed by atoms with Gasteiger partial charge in [-0.15, -0.1) is 0 Å². The van der Waals surface area contributed by atoms with Crippen LogP contribution in [0.15, 0.2) is 182 Å². The molecule has 0 saturated carbocycles. The van der Waals surface area contributed by atoms with Gasteiger partial charge in [0.05, 0.1) is 0 Å². The predicted molar refractivity (Wildman–Crippen MR) is 351 cm³/mol. The molecule has 80 heavy (non-hydrogen) atoms. The number of rotatable bonds is 3. The lowest BCUT2D eigenvalue weighted by molar-refractivity contribution is 0.590. The summed E-state index contributed by atoms with van der Waals surface area (Å²) in [5.41, 5.74) is 15.8. The third-order valence-electron chi connectivity index (χ3n) is 19.4. The van der Waals surface area contributed by atoms with Gasteiger partial charge in [-0.25, -0.2) is 0 Å². The number of hydrogen-bond acceptors (Lipinski definition) is 0. The van der Waals surface area contributed by atoms with Crippen molar-refractivity contribution >= 4 is 140 Å². The Morgan fingerprint density at radius 1 is 0.212 bits per heavy atom. The first kappa shape index (κ1) is 46.1. The summed E-state index contributed by atoms with van der Waals surface area (Å²) < 4.78 is 0. The summed E-state index contributed by atoms with van der Waals surface area (Å²) in [6.45, 7) is 23.3. The summed E-state index contributed by atoms with van der Waals surface area (Å²) >= 11 is 0. The summed E-state index contributed by atoms with van der Waals surface area (Å²) in [7, 11) is 0. The van der Waals surface area contributed by atoms with Crippen molar-refractivity contribution in [2.24, 2.45) is 0 Å². The zero-order valence-electron chi connectivity index (χ0n) is 47.3. The molecule has 17 rings (SSSR count). The third-order valence-corrected chi connectivity index (χ3v) is 19.4. The second-order valence-corrected chi connectivity index (χ2v) is 26.0. The van der Waals surface area contributed by atoms with Gasteiger partial charge in [0.2, 0.25) is 0 Å². The van der Waals surface area contributed by atoms with Crippen LogP contribution in [-0.2, 0) is 10.8 Å². The van der Waals surface area contributed by atoms with Crippen LogP contribution in [0.25, 0.3) is 173 Å². The van der Waals surface area contributed by atoms with Gasteiger partial charge in [-0.1, -0.05) is 199 Å². The minimum absolute atomic E-state index is 0.0166. The summed E-state index contributed by atoms with van der Waals surface area (Å²) in [5.74, 6) is 0. The maximum absolute atomic E-state index is 2.61. The molecule has 0 spiro atoms. The van der Waals surface area contributed by atoms with Gasteiger partial charge in [0.25, 0.3) is 0 Å². The number of aryl methyl sites for hydroxylation is 4. The summed E-state index contributed by atoms with van der Waals surface area (Å²) in [6.07, 6.45) is 0. The highest BCUT2D eigenvalue weighted by Crippen LogP contribution is 2.57. The van der Waals surface area contributed by atoms with Gasteiger partial charge in [-0.2, -0.15) is 0 Å². The molecule has 0 radical (unpaired) electrons. The Bertz CT molecular complexity index is 5280. The predicted octanol–water partition coefficient (Wildman–Crippen LogP) is 23.3. The zero-order chi connectivity index (χ0) is 54.2. The molecule has 17 aromatic carbocycles. The van der Waals surface area contributed by atoms with E-state index in [-0.39, 0.29) is 10.8 Å². The molecule has 0 amide bonds. The molecule has 0 aromatic heterocycles. The van der Waals surface area contributed by atoms with E-state index in [2.05, 4.69) is 251 Å². The van der Waals surface area contributed by atoms with Crippen LogP contribution in [0.1, 0.15) is 74.9 Å². The SMILES string of the molecule is Cc1ccccc1-c1c2cc3c(cc2c(-c2ccccc2C)c2c4ccc5c6cc(C(C)(C)C)cc7cc(C(C)(C)C)cc(c8ccc(c12)c4c85)c76)c1ccc2c4ccc(-c5c(C)cccc5C)c5cccc(c6ccc3c1c62)c54. The molecule has 0 unspecified atom stereocenters. The molecule has 0 N–H and O–H groups in total. The summed E-state index contributed by atoms with van der Waals surface area (Å²) in [4.78, 5) is 0. The van der Waals surface area contributed by atoms with Crippen molar-refractivity contribution in [2.45, 2.75) is 80.1 Å². The first-order valence-electron chi connectivity index (χ1n) is 28.9. The molecule has 0 aliphatic heterocycles. The standard InChI is InChI=1S/C80H60/c1-41-17-11-13-21-48(41)71-66-39-62-56-29-27-54-51-24-16-23-50-52(68-43(3)19-15-20-44(68)4)25-26-53(70(50)51)55-28-30-57(74(56)73(54)55)63(62)40-67(66)72(49-22-14-12-18-42(49)2)78-61-34-32-59-65-38-47(80(8,9)10)36-45-35-46(79(5,6)7)37-64(69(45)65)58-31-33-60(77(71)78)76(61)75(58)59/h11-40H,1-10H3. The van der Waals surface area contributed by atoms with Crippen molar-refractivity contribution in [2.75, 3.05) is 0 Å². The van der Waals surface area contributed by atoms with Gasteiger partial charge < -0.3 is 0 Å². The van der Waals surface area contributed by atoms with E-state index >= 15 is 0 Å². The largest absolute Gasteiger partial charge is 0.0620 e.